The van der Waals surface area contributed by atoms with Crippen molar-refractivity contribution < 1.29 is 18.7 Å². The van der Waals surface area contributed by atoms with Crippen LogP contribution < -0.4 is 10.1 Å². The van der Waals surface area contributed by atoms with Gasteiger partial charge >= 0.3 is 0 Å². The Morgan fingerprint density at radius 3 is 2.63 bits per heavy atom. The number of hydrogen-bond donors (Lipinski definition) is 1. The first-order valence-corrected chi connectivity index (χ1v) is 9.10. The fourth-order valence-electron chi connectivity index (χ4n) is 2.60. The van der Waals surface area contributed by atoms with E-state index in [1.165, 1.54) is 22.3 Å². The number of benzene rings is 2. The number of thiophene rings is 1. The van der Waals surface area contributed by atoms with Crippen LogP contribution in [0.2, 0.25) is 0 Å². The summed E-state index contributed by atoms with van der Waals surface area (Å²) in [6.07, 6.45) is 0. The van der Waals surface area contributed by atoms with Gasteiger partial charge < -0.3 is 15.0 Å². The lowest BCUT2D eigenvalue weighted by Gasteiger charge is -2.12. The number of halogens is 1. The van der Waals surface area contributed by atoms with E-state index in [1.807, 2.05) is 0 Å². The molecule has 0 saturated carbocycles. The van der Waals surface area contributed by atoms with Gasteiger partial charge in [-0.3, -0.25) is 9.59 Å². The van der Waals surface area contributed by atoms with Crippen LogP contribution >= 0.6 is 11.3 Å². The van der Waals surface area contributed by atoms with E-state index in [-0.39, 0.29) is 24.2 Å². The third kappa shape index (κ3) is 4.09. The number of carbonyl (C=O) groups excluding carboxylic acids is 2. The zero-order valence-corrected chi connectivity index (χ0v) is 16.0. The molecule has 140 valence electrons. The molecule has 0 fully saturated rings. The Hall–Kier alpha value is -2.93. The Labute approximate surface area is 160 Å². The highest BCUT2D eigenvalue weighted by Crippen LogP contribution is 2.33. The van der Waals surface area contributed by atoms with Crippen molar-refractivity contribution in [1.82, 2.24) is 4.90 Å². The second-order valence-electron chi connectivity index (χ2n) is 6.23. The molecule has 7 heteroatoms. The van der Waals surface area contributed by atoms with Crippen LogP contribution in [0.4, 0.5) is 10.1 Å². The minimum absolute atomic E-state index is 0.0842. The lowest BCUT2D eigenvalue weighted by Crippen LogP contribution is -2.27. The van der Waals surface area contributed by atoms with E-state index in [0.717, 1.165) is 4.70 Å². The van der Waals surface area contributed by atoms with Crippen molar-refractivity contribution in [2.24, 2.45) is 0 Å². The molecule has 27 heavy (non-hydrogen) atoms. The highest BCUT2D eigenvalue weighted by Gasteiger charge is 2.18. The lowest BCUT2D eigenvalue weighted by atomic mass is 10.1. The second kappa shape index (κ2) is 7.75. The van der Waals surface area contributed by atoms with Crippen molar-refractivity contribution in [2.75, 3.05) is 26.0 Å². The van der Waals surface area contributed by atoms with Crippen LogP contribution in [0.25, 0.3) is 10.1 Å². The number of amides is 2. The van der Waals surface area contributed by atoms with Crippen LogP contribution in [0.1, 0.15) is 15.2 Å². The van der Waals surface area contributed by atoms with Crippen LogP contribution in [0.15, 0.2) is 42.5 Å². The molecule has 2 amide bonds. The monoisotopic (exact) mass is 386 g/mol. The van der Waals surface area contributed by atoms with Gasteiger partial charge in [-0.1, -0.05) is 12.1 Å². The van der Waals surface area contributed by atoms with E-state index >= 15 is 0 Å². The Kier molecular flexibility index (Phi) is 5.41. The van der Waals surface area contributed by atoms with Crippen LogP contribution in [0, 0.1) is 12.7 Å². The SMILES string of the molecule is Cc1c(C(=O)Nc2cccc(OCC(=O)N(C)C)c2)sc2cccc(F)c12. The highest BCUT2D eigenvalue weighted by molar-refractivity contribution is 7.21. The number of aryl methyl sites for hydroxylation is 1. The molecule has 1 N–H and O–H groups in total. The van der Waals surface area contributed by atoms with Crippen molar-refractivity contribution in [3.05, 3.63) is 58.7 Å². The Balaban J connectivity index is 1.77. The molecule has 0 aliphatic carbocycles. The summed E-state index contributed by atoms with van der Waals surface area (Å²) in [5, 5.41) is 3.28. The fraction of sp³-hybridized carbons (Fsp3) is 0.200. The molecule has 0 radical (unpaired) electrons. The minimum atomic E-state index is -0.332. The number of anilines is 1. The Bertz CT molecular complexity index is 1010. The molecule has 3 aromatic rings. The summed E-state index contributed by atoms with van der Waals surface area (Å²) in [6, 6.07) is 11.6. The lowest BCUT2D eigenvalue weighted by molar-refractivity contribution is -0.130. The van der Waals surface area contributed by atoms with Crippen LogP contribution in [0.5, 0.6) is 5.75 Å². The van der Waals surface area contributed by atoms with Gasteiger partial charge in [-0.15, -0.1) is 11.3 Å². The maximum Gasteiger partial charge on any atom is 0.266 e. The quantitative estimate of drug-likeness (QED) is 0.719. The smallest absolute Gasteiger partial charge is 0.266 e. The largest absolute Gasteiger partial charge is 0.484 e. The first-order chi connectivity index (χ1) is 12.9. The van der Waals surface area contributed by atoms with Crippen molar-refractivity contribution in [1.29, 1.82) is 0 Å². The van der Waals surface area contributed by atoms with E-state index in [0.29, 0.717) is 27.3 Å². The number of nitrogens with zero attached hydrogens (tertiary/aromatic N) is 1. The molecule has 1 heterocycles. The molecule has 0 spiro atoms. The van der Waals surface area contributed by atoms with Gasteiger partial charge in [-0.2, -0.15) is 0 Å². The summed E-state index contributed by atoms with van der Waals surface area (Å²) < 4.78 is 20.2. The number of carbonyl (C=O) groups is 2. The number of ether oxygens (including phenoxy) is 1. The van der Waals surface area contributed by atoms with E-state index in [9.17, 15) is 14.0 Å². The van der Waals surface area contributed by atoms with Crippen molar-refractivity contribution in [3.63, 3.8) is 0 Å². The van der Waals surface area contributed by atoms with E-state index in [4.69, 9.17) is 4.74 Å². The molecular formula is C20H19FN2O3S. The molecule has 0 atom stereocenters. The standard InChI is InChI=1S/C20H19FN2O3S/c1-12-18-15(21)8-5-9-16(18)27-19(12)20(25)22-13-6-4-7-14(10-13)26-11-17(24)23(2)3/h4-10H,11H2,1-3H3,(H,22,25). The van der Waals surface area contributed by atoms with Gasteiger partial charge in [-0.25, -0.2) is 4.39 Å². The molecule has 3 rings (SSSR count). The van der Waals surface area contributed by atoms with Crippen molar-refractivity contribution in [2.45, 2.75) is 6.92 Å². The summed E-state index contributed by atoms with van der Waals surface area (Å²) in [5.41, 5.74) is 1.15. The van der Waals surface area contributed by atoms with Gasteiger partial charge in [0.2, 0.25) is 0 Å². The first kappa shape index (κ1) is 18.8. The van der Waals surface area contributed by atoms with Gasteiger partial charge in [0.1, 0.15) is 11.6 Å². The Morgan fingerprint density at radius 1 is 1.19 bits per heavy atom. The second-order valence-corrected chi connectivity index (χ2v) is 7.28. The maximum atomic E-state index is 14.0. The maximum absolute atomic E-state index is 14.0. The molecule has 0 bridgehead atoms. The molecule has 0 saturated heterocycles. The number of fused-ring (bicyclic) bond motifs is 1. The summed E-state index contributed by atoms with van der Waals surface area (Å²) in [4.78, 5) is 26.2. The molecule has 5 nitrogen and oxygen atoms in total. The van der Waals surface area contributed by atoms with Gasteiger partial charge in [-0.05, 0) is 36.8 Å². The molecule has 1 aromatic heterocycles. The summed E-state index contributed by atoms with van der Waals surface area (Å²) in [7, 11) is 3.30. The molecule has 2 aromatic carbocycles. The third-order valence-electron chi connectivity index (χ3n) is 4.06. The van der Waals surface area contributed by atoms with Crippen LogP contribution in [-0.2, 0) is 4.79 Å². The summed E-state index contributed by atoms with van der Waals surface area (Å²) >= 11 is 1.25. The van der Waals surface area contributed by atoms with E-state index in [2.05, 4.69) is 5.32 Å². The molecule has 0 aliphatic rings. The zero-order chi connectivity index (χ0) is 19.6. The molecule has 0 unspecified atom stereocenters. The normalized spacial score (nSPS) is 10.7. The fourth-order valence-corrected chi connectivity index (χ4v) is 3.71. The first-order valence-electron chi connectivity index (χ1n) is 8.29. The van der Waals surface area contributed by atoms with E-state index < -0.39 is 0 Å². The highest BCUT2D eigenvalue weighted by atomic mass is 32.1. The average Bonchev–Trinajstić information content (AvgIpc) is 2.98. The zero-order valence-electron chi connectivity index (χ0n) is 15.2. The van der Waals surface area contributed by atoms with Crippen molar-refractivity contribution in [3.8, 4) is 5.75 Å². The number of likely N-dealkylation sites (N-methyl/N-ethyl adjacent to an activating group) is 1. The summed E-state index contributed by atoms with van der Waals surface area (Å²) in [6.45, 7) is 1.66. The van der Waals surface area contributed by atoms with Gasteiger partial charge in [0.15, 0.2) is 6.61 Å². The molecule has 0 aliphatic heterocycles. The number of nitrogens with one attached hydrogen (secondary N) is 1. The third-order valence-corrected chi connectivity index (χ3v) is 5.32. The van der Waals surface area contributed by atoms with Gasteiger partial charge in [0, 0.05) is 35.9 Å². The predicted molar refractivity (Wildman–Crippen MR) is 105 cm³/mol. The topological polar surface area (TPSA) is 58.6 Å². The van der Waals surface area contributed by atoms with Crippen molar-refractivity contribution >= 4 is 38.9 Å². The van der Waals surface area contributed by atoms with Gasteiger partial charge in [0.25, 0.3) is 11.8 Å². The number of hydrogen-bond acceptors (Lipinski definition) is 4. The average molecular weight is 386 g/mol. The van der Waals surface area contributed by atoms with Crippen LogP contribution in [-0.4, -0.2) is 37.4 Å². The number of rotatable bonds is 5. The molecular weight excluding hydrogens is 367 g/mol. The predicted octanol–water partition coefficient (Wildman–Crippen LogP) is 4.07. The van der Waals surface area contributed by atoms with Gasteiger partial charge in [0.05, 0.1) is 4.88 Å². The minimum Gasteiger partial charge on any atom is -0.484 e. The Morgan fingerprint density at radius 2 is 1.93 bits per heavy atom. The van der Waals surface area contributed by atoms with E-state index in [1.54, 1.807) is 57.4 Å². The summed E-state index contributed by atoms with van der Waals surface area (Å²) in [5.74, 6) is -0.328. The van der Waals surface area contributed by atoms with Crippen LogP contribution in [0.3, 0.4) is 0 Å².